The molecule has 7 heteroatoms. The molecule has 3 heterocycles. The number of aliphatic carboxylic acids is 1. The van der Waals surface area contributed by atoms with Gasteiger partial charge in [-0.25, -0.2) is 4.68 Å². The second kappa shape index (κ2) is 4.45. The van der Waals surface area contributed by atoms with Gasteiger partial charge in [0.1, 0.15) is 17.9 Å². The van der Waals surface area contributed by atoms with Crippen molar-refractivity contribution in [2.45, 2.75) is 26.8 Å². The topological polar surface area (TPSA) is 76.6 Å². The van der Waals surface area contributed by atoms with Crippen LogP contribution in [-0.2, 0) is 17.8 Å². The zero-order valence-corrected chi connectivity index (χ0v) is 11.9. The first-order valence-corrected chi connectivity index (χ1v) is 7.06. The van der Waals surface area contributed by atoms with Gasteiger partial charge >= 0.3 is 5.97 Å². The zero-order chi connectivity index (χ0) is 14.4. The molecule has 20 heavy (non-hydrogen) atoms. The van der Waals surface area contributed by atoms with E-state index in [1.165, 1.54) is 4.88 Å². The van der Waals surface area contributed by atoms with Gasteiger partial charge in [0.2, 0.25) is 0 Å². The van der Waals surface area contributed by atoms with Crippen LogP contribution in [0.2, 0.25) is 0 Å². The third kappa shape index (κ3) is 1.82. The van der Waals surface area contributed by atoms with Gasteiger partial charge < -0.3 is 5.11 Å². The third-order valence-electron chi connectivity index (χ3n) is 3.16. The highest BCUT2D eigenvalue weighted by molar-refractivity contribution is 7.19. The molecule has 104 valence electrons. The van der Waals surface area contributed by atoms with Crippen molar-refractivity contribution < 1.29 is 9.90 Å². The van der Waals surface area contributed by atoms with Crippen LogP contribution in [0.4, 0.5) is 0 Å². The van der Waals surface area contributed by atoms with Gasteiger partial charge in [-0.05, 0) is 19.1 Å². The van der Waals surface area contributed by atoms with Crippen molar-refractivity contribution in [3.63, 3.8) is 0 Å². The molecular formula is C13H13N3O3S. The lowest BCUT2D eigenvalue weighted by atomic mass is 10.4. The molecule has 0 saturated carbocycles. The lowest BCUT2D eigenvalue weighted by molar-refractivity contribution is -0.138. The maximum Gasteiger partial charge on any atom is 0.325 e. The number of thiophene rings is 1. The van der Waals surface area contributed by atoms with Gasteiger partial charge in [-0.3, -0.25) is 14.0 Å². The molecule has 0 unspecified atom stereocenters. The molecule has 0 radical (unpaired) electrons. The van der Waals surface area contributed by atoms with Gasteiger partial charge in [-0.1, -0.05) is 6.92 Å². The van der Waals surface area contributed by atoms with Crippen LogP contribution >= 0.6 is 11.3 Å². The van der Waals surface area contributed by atoms with E-state index in [-0.39, 0.29) is 5.56 Å². The van der Waals surface area contributed by atoms with Crippen LogP contribution in [0.25, 0.3) is 15.7 Å². The van der Waals surface area contributed by atoms with Gasteiger partial charge in [0.05, 0.1) is 10.2 Å². The quantitative estimate of drug-likeness (QED) is 0.796. The second-order valence-corrected chi connectivity index (χ2v) is 5.89. The highest BCUT2D eigenvalue weighted by Crippen LogP contribution is 2.28. The molecule has 0 aliphatic carbocycles. The van der Waals surface area contributed by atoms with E-state index in [0.717, 1.165) is 14.9 Å². The summed E-state index contributed by atoms with van der Waals surface area (Å²) in [6, 6.07) is 3.84. The Balaban J connectivity index is 2.41. The molecule has 3 aromatic heterocycles. The molecule has 0 aliphatic rings. The summed E-state index contributed by atoms with van der Waals surface area (Å²) in [5.74, 6) is -0.385. The number of carboxylic acid groups (broad SMARTS) is 1. The summed E-state index contributed by atoms with van der Waals surface area (Å²) in [6.45, 7) is 3.53. The third-order valence-corrected chi connectivity index (χ3v) is 4.15. The minimum atomic E-state index is -1.07. The molecule has 0 atom stereocenters. The fourth-order valence-electron chi connectivity index (χ4n) is 2.38. The molecule has 0 amide bonds. The van der Waals surface area contributed by atoms with Crippen molar-refractivity contribution in [3.05, 3.63) is 33.2 Å². The monoisotopic (exact) mass is 291 g/mol. The fourth-order valence-corrected chi connectivity index (χ4v) is 3.32. The average molecular weight is 291 g/mol. The van der Waals surface area contributed by atoms with E-state index in [1.807, 2.05) is 30.4 Å². The number of hydrogen-bond donors (Lipinski definition) is 1. The predicted octanol–water partition coefficient (Wildman–Crippen LogP) is 1.67. The van der Waals surface area contributed by atoms with Gasteiger partial charge in [-0.15, -0.1) is 11.3 Å². The summed E-state index contributed by atoms with van der Waals surface area (Å²) in [7, 11) is 0. The van der Waals surface area contributed by atoms with E-state index < -0.39 is 12.5 Å². The normalized spacial score (nSPS) is 11.5. The van der Waals surface area contributed by atoms with Gasteiger partial charge in [0.15, 0.2) is 0 Å². The van der Waals surface area contributed by atoms with Crippen LogP contribution < -0.4 is 5.56 Å². The first kappa shape index (κ1) is 12.9. The molecule has 3 aromatic rings. The van der Waals surface area contributed by atoms with Crippen LogP contribution in [0.3, 0.4) is 0 Å². The Labute approximate surface area is 117 Å². The summed E-state index contributed by atoms with van der Waals surface area (Å²) in [5, 5.41) is 13.0. The number of nitrogens with zero attached hydrogens (tertiary/aromatic N) is 3. The van der Waals surface area contributed by atoms with E-state index in [2.05, 4.69) is 5.10 Å². The maximum absolute atomic E-state index is 12.3. The van der Waals surface area contributed by atoms with Crippen molar-refractivity contribution in [3.8, 4) is 0 Å². The molecule has 6 nitrogen and oxygen atoms in total. The first-order valence-electron chi connectivity index (χ1n) is 6.24. The van der Waals surface area contributed by atoms with Crippen LogP contribution in [-0.4, -0.2) is 25.3 Å². The molecule has 0 bridgehead atoms. The smallest absolute Gasteiger partial charge is 0.325 e. The van der Waals surface area contributed by atoms with E-state index in [0.29, 0.717) is 17.8 Å². The van der Waals surface area contributed by atoms with Gasteiger partial charge in [0, 0.05) is 11.3 Å². The predicted molar refractivity (Wildman–Crippen MR) is 76.6 cm³/mol. The highest BCUT2D eigenvalue weighted by Gasteiger charge is 2.16. The van der Waals surface area contributed by atoms with E-state index in [4.69, 9.17) is 5.11 Å². The summed E-state index contributed by atoms with van der Waals surface area (Å²) < 4.78 is 3.87. The number of hydrogen-bond acceptors (Lipinski definition) is 4. The maximum atomic E-state index is 12.3. The minimum absolute atomic E-state index is 0.370. The Bertz CT molecular complexity index is 888. The summed E-state index contributed by atoms with van der Waals surface area (Å²) >= 11 is 1.61. The highest BCUT2D eigenvalue weighted by atomic mass is 32.1. The molecular weight excluding hydrogens is 278 g/mol. The SMILES string of the molecule is CCc1nn(CC(=O)O)c(=O)c2cc3sc(C)cc3n12. The first-order chi connectivity index (χ1) is 9.51. The van der Waals surface area contributed by atoms with Crippen molar-refractivity contribution in [2.75, 3.05) is 0 Å². The lowest BCUT2D eigenvalue weighted by Crippen LogP contribution is -2.29. The van der Waals surface area contributed by atoms with Crippen molar-refractivity contribution in [2.24, 2.45) is 0 Å². The Hall–Kier alpha value is -2.15. The molecule has 1 N–H and O–H groups in total. The van der Waals surface area contributed by atoms with Crippen LogP contribution in [0.1, 0.15) is 17.6 Å². The number of carboxylic acids is 1. The largest absolute Gasteiger partial charge is 0.480 e. The van der Waals surface area contributed by atoms with Crippen molar-refractivity contribution >= 4 is 33.0 Å². The molecule has 0 spiro atoms. The Morgan fingerprint density at radius 1 is 1.40 bits per heavy atom. The van der Waals surface area contributed by atoms with E-state index in [1.54, 1.807) is 11.3 Å². The molecule has 0 aliphatic heterocycles. The summed E-state index contributed by atoms with van der Waals surface area (Å²) in [4.78, 5) is 24.3. The Morgan fingerprint density at radius 2 is 2.15 bits per heavy atom. The van der Waals surface area contributed by atoms with Gasteiger partial charge in [0.25, 0.3) is 5.56 Å². The van der Waals surface area contributed by atoms with Crippen LogP contribution in [0.15, 0.2) is 16.9 Å². The number of aryl methyl sites for hydroxylation is 2. The van der Waals surface area contributed by atoms with Crippen molar-refractivity contribution in [1.29, 1.82) is 0 Å². The molecule has 0 fully saturated rings. The summed E-state index contributed by atoms with van der Waals surface area (Å²) in [6.07, 6.45) is 0.620. The minimum Gasteiger partial charge on any atom is -0.480 e. The number of carbonyl (C=O) groups is 1. The number of fused-ring (bicyclic) bond motifs is 3. The lowest BCUT2D eigenvalue weighted by Gasteiger charge is -2.07. The van der Waals surface area contributed by atoms with Crippen LogP contribution in [0, 0.1) is 6.92 Å². The van der Waals surface area contributed by atoms with Crippen molar-refractivity contribution in [1.82, 2.24) is 14.2 Å². The number of aromatic nitrogens is 3. The summed E-state index contributed by atoms with van der Waals surface area (Å²) in [5.41, 5.74) is 1.08. The number of rotatable bonds is 3. The zero-order valence-electron chi connectivity index (χ0n) is 11.1. The average Bonchev–Trinajstić information content (AvgIpc) is 2.88. The Kier molecular flexibility index (Phi) is 2.86. The van der Waals surface area contributed by atoms with E-state index >= 15 is 0 Å². The van der Waals surface area contributed by atoms with Crippen LogP contribution in [0.5, 0.6) is 0 Å². The molecule has 3 rings (SSSR count). The Morgan fingerprint density at radius 3 is 2.80 bits per heavy atom. The molecule has 0 aromatic carbocycles. The van der Waals surface area contributed by atoms with Gasteiger partial charge in [-0.2, -0.15) is 5.10 Å². The second-order valence-electron chi connectivity index (χ2n) is 4.60. The van der Waals surface area contributed by atoms with E-state index in [9.17, 15) is 9.59 Å². The fraction of sp³-hybridized carbons (Fsp3) is 0.308. The standard InChI is InChI=1S/C13H13N3O3S/c1-3-11-14-15(6-12(17)18)13(19)9-5-10-8(16(9)11)4-7(2)20-10/h4-5H,3,6H2,1-2H3,(H,17,18). The molecule has 0 saturated heterocycles.